The lowest BCUT2D eigenvalue weighted by Crippen LogP contribution is -2.32. The minimum Gasteiger partial charge on any atom is -0.478 e. The molecule has 2 aromatic carbocycles. The van der Waals surface area contributed by atoms with Gasteiger partial charge in [0.1, 0.15) is 0 Å². The maximum Gasteiger partial charge on any atom is 0.265 e. The van der Waals surface area contributed by atoms with Gasteiger partial charge in [-0.2, -0.15) is 0 Å². The molecule has 22 heavy (non-hydrogen) atoms. The molecule has 0 aromatic heterocycles. The van der Waals surface area contributed by atoms with E-state index in [2.05, 4.69) is 5.32 Å². The molecule has 0 bridgehead atoms. The molecule has 1 atom stereocenters. The van der Waals surface area contributed by atoms with Crippen LogP contribution >= 0.6 is 0 Å². The first-order valence-electron chi connectivity index (χ1n) is 7.30. The molecule has 0 fully saturated rings. The van der Waals surface area contributed by atoms with Gasteiger partial charge in [0.05, 0.1) is 0 Å². The molecule has 0 saturated carbocycles. The third-order valence-electron chi connectivity index (χ3n) is 3.54. The predicted octanol–water partition coefficient (Wildman–Crippen LogP) is 4.24. The number of carbonyl (C=O) groups excluding carboxylic acids is 1. The van der Waals surface area contributed by atoms with Crippen LogP contribution in [0.25, 0.3) is 0 Å². The number of para-hydroxylation sites is 1. The van der Waals surface area contributed by atoms with Gasteiger partial charge in [-0.3, -0.25) is 4.79 Å². The Balaban J connectivity index is 2.08. The summed E-state index contributed by atoms with van der Waals surface area (Å²) < 4.78 is 19.1. The summed E-state index contributed by atoms with van der Waals surface area (Å²) >= 11 is 0. The van der Waals surface area contributed by atoms with E-state index in [0.29, 0.717) is 12.1 Å². The van der Waals surface area contributed by atoms with Crippen molar-refractivity contribution in [1.29, 1.82) is 0 Å². The molecule has 1 N–H and O–H groups in total. The summed E-state index contributed by atoms with van der Waals surface area (Å²) in [7, 11) is 0. The molecule has 3 nitrogen and oxygen atoms in total. The van der Waals surface area contributed by atoms with Crippen LogP contribution in [-0.4, -0.2) is 12.0 Å². The first-order chi connectivity index (χ1) is 10.5. The van der Waals surface area contributed by atoms with E-state index < -0.39 is 11.9 Å². The number of amides is 1. The number of carbonyl (C=O) groups is 1. The second-order valence-electron chi connectivity index (χ2n) is 5.23. The minimum absolute atomic E-state index is 0.0876. The number of nitrogens with one attached hydrogen (secondary N) is 1. The Morgan fingerprint density at radius 2 is 1.91 bits per heavy atom. The van der Waals surface area contributed by atoms with Gasteiger partial charge in [-0.1, -0.05) is 25.1 Å². The van der Waals surface area contributed by atoms with Gasteiger partial charge in [0.25, 0.3) is 5.91 Å². The zero-order valence-electron chi connectivity index (χ0n) is 13.0. The molecule has 0 aliphatic rings. The molecule has 0 heterocycles. The van der Waals surface area contributed by atoms with Crippen LogP contribution in [0.5, 0.6) is 5.75 Å². The van der Waals surface area contributed by atoms with Gasteiger partial charge in [-0.15, -0.1) is 0 Å². The van der Waals surface area contributed by atoms with Gasteiger partial charge >= 0.3 is 0 Å². The lowest BCUT2D eigenvalue weighted by molar-refractivity contribution is -0.122. The van der Waals surface area contributed by atoms with Crippen LogP contribution in [0.1, 0.15) is 24.5 Å². The summed E-state index contributed by atoms with van der Waals surface area (Å²) in [6, 6.07) is 11.8. The number of rotatable bonds is 5. The zero-order chi connectivity index (χ0) is 16.1. The summed E-state index contributed by atoms with van der Waals surface area (Å²) in [4.78, 5) is 12.3. The Labute approximate surface area is 130 Å². The van der Waals surface area contributed by atoms with Crippen LogP contribution in [-0.2, 0) is 4.79 Å². The lowest BCUT2D eigenvalue weighted by Gasteiger charge is -2.18. The monoisotopic (exact) mass is 301 g/mol. The second-order valence-corrected chi connectivity index (χ2v) is 5.23. The van der Waals surface area contributed by atoms with E-state index in [-0.39, 0.29) is 11.7 Å². The topological polar surface area (TPSA) is 38.3 Å². The van der Waals surface area contributed by atoms with Crippen molar-refractivity contribution >= 4 is 11.6 Å². The molecule has 2 rings (SSSR count). The minimum atomic E-state index is -0.737. The third-order valence-corrected chi connectivity index (χ3v) is 3.54. The van der Waals surface area contributed by atoms with E-state index in [1.165, 1.54) is 12.1 Å². The number of hydrogen-bond donors (Lipinski definition) is 1. The fraction of sp³-hybridized carbons (Fsp3) is 0.278. The molecule has 2 aromatic rings. The van der Waals surface area contributed by atoms with E-state index in [1.54, 1.807) is 12.1 Å². The molecule has 0 spiro atoms. The zero-order valence-corrected chi connectivity index (χ0v) is 13.0. The molecule has 4 heteroatoms. The van der Waals surface area contributed by atoms with E-state index in [1.807, 2.05) is 39.0 Å². The molecule has 0 aliphatic heterocycles. The summed E-state index contributed by atoms with van der Waals surface area (Å²) in [6.07, 6.45) is -0.288. The average molecular weight is 301 g/mol. The standard InChI is InChI=1S/C18H20FNO2/c1-4-16(22-17-8-6-5-7-15(17)19)18(21)20-14-10-9-12(2)13(3)11-14/h5-11,16H,4H2,1-3H3,(H,20,21)/t16-/m0/s1. The third kappa shape index (κ3) is 3.85. The van der Waals surface area contributed by atoms with Crippen LogP contribution in [0.4, 0.5) is 10.1 Å². The average Bonchev–Trinajstić information content (AvgIpc) is 2.50. The summed E-state index contributed by atoms with van der Waals surface area (Å²) in [5, 5.41) is 2.81. The van der Waals surface area contributed by atoms with E-state index in [4.69, 9.17) is 4.74 Å². The fourth-order valence-corrected chi connectivity index (χ4v) is 2.06. The van der Waals surface area contributed by atoms with E-state index >= 15 is 0 Å². The van der Waals surface area contributed by atoms with Gasteiger partial charge in [0.15, 0.2) is 17.7 Å². The van der Waals surface area contributed by atoms with Gasteiger partial charge in [0, 0.05) is 5.69 Å². The van der Waals surface area contributed by atoms with Crippen molar-refractivity contribution in [3.63, 3.8) is 0 Å². The molecule has 116 valence electrons. The largest absolute Gasteiger partial charge is 0.478 e. The molecule has 0 unspecified atom stereocenters. The summed E-state index contributed by atoms with van der Waals surface area (Å²) in [5.74, 6) is -0.668. The van der Waals surface area contributed by atoms with Crippen LogP contribution in [0.2, 0.25) is 0 Å². The van der Waals surface area contributed by atoms with Gasteiger partial charge < -0.3 is 10.1 Å². The van der Waals surface area contributed by atoms with Crippen LogP contribution in [0.3, 0.4) is 0 Å². The normalized spacial score (nSPS) is 11.8. The maximum atomic E-state index is 13.6. The van der Waals surface area contributed by atoms with Crippen LogP contribution in [0.15, 0.2) is 42.5 Å². The highest BCUT2D eigenvalue weighted by Crippen LogP contribution is 2.19. The van der Waals surface area contributed by atoms with E-state index in [9.17, 15) is 9.18 Å². The second kappa shape index (κ2) is 7.07. The van der Waals surface area contributed by atoms with Crippen molar-refractivity contribution in [1.82, 2.24) is 0 Å². The number of hydrogen-bond acceptors (Lipinski definition) is 2. The molecular formula is C18H20FNO2. The highest BCUT2D eigenvalue weighted by molar-refractivity contribution is 5.94. The van der Waals surface area contributed by atoms with Crippen molar-refractivity contribution in [2.24, 2.45) is 0 Å². The number of aryl methyl sites for hydroxylation is 2. The van der Waals surface area contributed by atoms with Crippen molar-refractivity contribution in [2.75, 3.05) is 5.32 Å². The Kier molecular flexibility index (Phi) is 5.15. The predicted molar refractivity (Wildman–Crippen MR) is 85.7 cm³/mol. The van der Waals surface area contributed by atoms with Crippen molar-refractivity contribution < 1.29 is 13.9 Å². The lowest BCUT2D eigenvalue weighted by atomic mass is 10.1. The molecule has 0 aliphatic carbocycles. The first-order valence-corrected chi connectivity index (χ1v) is 7.30. The highest BCUT2D eigenvalue weighted by Gasteiger charge is 2.20. The summed E-state index contributed by atoms with van der Waals surface area (Å²) in [6.45, 7) is 5.82. The van der Waals surface area contributed by atoms with Gasteiger partial charge in [-0.25, -0.2) is 4.39 Å². The number of benzene rings is 2. The maximum absolute atomic E-state index is 13.6. The van der Waals surface area contributed by atoms with Crippen molar-refractivity contribution in [2.45, 2.75) is 33.3 Å². The number of ether oxygens (including phenoxy) is 1. The first kappa shape index (κ1) is 16.0. The van der Waals surface area contributed by atoms with Crippen LogP contribution in [0, 0.1) is 19.7 Å². The Morgan fingerprint density at radius 3 is 2.55 bits per heavy atom. The number of halogens is 1. The van der Waals surface area contributed by atoms with Crippen LogP contribution < -0.4 is 10.1 Å². The summed E-state index contributed by atoms with van der Waals surface area (Å²) in [5.41, 5.74) is 2.97. The Hall–Kier alpha value is -2.36. The highest BCUT2D eigenvalue weighted by atomic mass is 19.1. The molecule has 0 saturated heterocycles. The number of anilines is 1. The molecule has 0 radical (unpaired) electrons. The smallest absolute Gasteiger partial charge is 0.265 e. The Bertz CT molecular complexity index is 670. The fourth-order valence-electron chi connectivity index (χ4n) is 2.06. The molecule has 1 amide bonds. The SMILES string of the molecule is CC[C@H](Oc1ccccc1F)C(=O)Nc1ccc(C)c(C)c1. The van der Waals surface area contributed by atoms with Crippen molar-refractivity contribution in [3.05, 3.63) is 59.4 Å². The van der Waals surface area contributed by atoms with E-state index in [0.717, 1.165) is 11.1 Å². The van der Waals surface area contributed by atoms with Gasteiger partial charge in [0.2, 0.25) is 0 Å². The Morgan fingerprint density at radius 1 is 1.18 bits per heavy atom. The molecular weight excluding hydrogens is 281 g/mol. The quantitative estimate of drug-likeness (QED) is 0.897. The van der Waals surface area contributed by atoms with Crippen molar-refractivity contribution in [3.8, 4) is 5.75 Å². The van der Waals surface area contributed by atoms with Gasteiger partial charge in [-0.05, 0) is 55.7 Å².